The summed E-state index contributed by atoms with van der Waals surface area (Å²) in [5.74, 6) is -0.151. The molecule has 4 N–H and O–H groups in total. The Kier molecular flexibility index (Phi) is 6.87. The smallest absolute Gasteiger partial charge is 0.251 e. The first kappa shape index (κ1) is 22.0. The minimum Gasteiger partial charge on any atom is -0.476 e. The lowest BCUT2D eigenvalue weighted by atomic mass is 9.98. The Balaban J connectivity index is 1.68. The Morgan fingerprint density at radius 3 is 2.47 bits per heavy atom. The molecular weight excluding hydrogens is 394 g/mol. The van der Waals surface area contributed by atoms with E-state index in [1.165, 1.54) is 0 Å². The number of rotatable bonds is 6. The van der Waals surface area contributed by atoms with Gasteiger partial charge < -0.3 is 15.8 Å². The molecule has 1 saturated carbocycles. The van der Waals surface area contributed by atoms with Crippen LogP contribution in [-0.2, 0) is 4.74 Å². The van der Waals surface area contributed by atoms with Crippen LogP contribution in [0.4, 0.5) is 0 Å². The maximum atomic E-state index is 12.8. The van der Waals surface area contributed by atoms with Crippen LogP contribution in [0.15, 0.2) is 53.4 Å². The molecule has 1 aliphatic carbocycles. The van der Waals surface area contributed by atoms with Gasteiger partial charge in [0, 0.05) is 27.8 Å². The third kappa shape index (κ3) is 5.25. The number of nitrogens with one attached hydrogen (secondary N) is 2. The van der Waals surface area contributed by atoms with Crippen molar-refractivity contribution < 1.29 is 9.53 Å². The highest BCUT2D eigenvalue weighted by molar-refractivity contribution is 7.80. The van der Waals surface area contributed by atoms with Gasteiger partial charge in [0.2, 0.25) is 5.90 Å². The van der Waals surface area contributed by atoms with E-state index in [0.717, 1.165) is 47.3 Å². The van der Waals surface area contributed by atoms with E-state index in [9.17, 15) is 4.79 Å². The zero-order chi connectivity index (χ0) is 21.7. The number of thiol groups is 1. The molecule has 30 heavy (non-hydrogen) atoms. The number of ether oxygens (including phenoxy) is 1. The molecule has 5 nitrogen and oxygen atoms in total. The van der Waals surface area contributed by atoms with Crippen LogP contribution in [0, 0.1) is 19.3 Å². The fraction of sp³-hybridized carbons (Fsp3) is 0.333. The van der Waals surface area contributed by atoms with E-state index < -0.39 is 5.54 Å². The topological polar surface area (TPSA) is 88.2 Å². The van der Waals surface area contributed by atoms with Crippen LogP contribution in [0.5, 0.6) is 0 Å². The zero-order valence-electron chi connectivity index (χ0n) is 17.5. The number of hydrogen-bond donors (Lipinski definition) is 4. The van der Waals surface area contributed by atoms with Gasteiger partial charge in [0.25, 0.3) is 5.91 Å². The zero-order valence-corrected chi connectivity index (χ0v) is 18.4. The summed E-state index contributed by atoms with van der Waals surface area (Å²) in [4.78, 5) is 13.5. The Morgan fingerprint density at radius 1 is 1.20 bits per heavy atom. The van der Waals surface area contributed by atoms with Crippen molar-refractivity contribution in [1.82, 2.24) is 5.32 Å². The van der Waals surface area contributed by atoms with Gasteiger partial charge in [0.05, 0.1) is 5.54 Å². The molecule has 0 aliphatic heterocycles. The lowest BCUT2D eigenvalue weighted by Crippen LogP contribution is -2.50. The van der Waals surface area contributed by atoms with Crippen LogP contribution < -0.4 is 11.1 Å². The van der Waals surface area contributed by atoms with Gasteiger partial charge in [-0.15, -0.1) is 12.6 Å². The molecule has 0 unspecified atom stereocenters. The molecule has 0 radical (unpaired) electrons. The monoisotopic (exact) mass is 423 g/mol. The quantitative estimate of drug-likeness (QED) is 0.310. The summed E-state index contributed by atoms with van der Waals surface area (Å²) in [5.41, 5.74) is 9.90. The van der Waals surface area contributed by atoms with Crippen LogP contribution in [0.2, 0.25) is 0 Å². The van der Waals surface area contributed by atoms with Crippen LogP contribution >= 0.6 is 12.6 Å². The molecule has 6 heteroatoms. The second-order valence-electron chi connectivity index (χ2n) is 8.01. The highest BCUT2D eigenvalue weighted by atomic mass is 32.1. The second-order valence-corrected chi connectivity index (χ2v) is 8.53. The Labute approximate surface area is 183 Å². The van der Waals surface area contributed by atoms with Crippen molar-refractivity contribution in [3.05, 3.63) is 70.8 Å². The van der Waals surface area contributed by atoms with Gasteiger partial charge >= 0.3 is 0 Å². The highest BCUT2D eigenvalue weighted by Crippen LogP contribution is 2.31. The number of nitrogens with two attached hydrogens (primary N) is 1. The molecule has 1 aliphatic rings. The van der Waals surface area contributed by atoms with Gasteiger partial charge in [-0.3, -0.25) is 10.2 Å². The van der Waals surface area contributed by atoms with Crippen molar-refractivity contribution in [3.63, 3.8) is 0 Å². The fourth-order valence-corrected chi connectivity index (χ4v) is 4.28. The first-order valence-electron chi connectivity index (χ1n) is 10.2. The Bertz CT molecular complexity index is 958. The van der Waals surface area contributed by atoms with E-state index in [2.05, 4.69) is 17.9 Å². The van der Waals surface area contributed by atoms with Crippen molar-refractivity contribution in [2.75, 3.05) is 6.61 Å². The summed E-state index contributed by atoms with van der Waals surface area (Å²) >= 11 is 4.31. The minimum absolute atomic E-state index is 0.00645. The predicted molar refractivity (Wildman–Crippen MR) is 124 cm³/mol. The molecule has 0 saturated heterocycles. The summed E-state index contributed by atoms with van der Waals surface area (Å²) in [5, 5.41) is 11.4. The molecule has 2 aromatic carbocycles. The van der Waals surface area contributed by atoms with Crippen molar-refractivity contribution in [3.8, 4) is 0 Å². The molecule has 1 fully saturated rings. The summed E-state index contributed by atoms with van der Waals surface area (Å²) in [6, 6.07) is 13.1. The van der Waals surface area contributed by atoms with Crippen molar-refractivity contribution in [2.45, 2.75) is 50.0 Å². The van der Waals surface area contributed by atoms with Gasteiger partial charge in [-0.25, -0.2) is 0 Å². The molecular formula is C24H29N3O2S. The second kappa shape index (κ2) is 9.39. The summed E-state index contributed by atoms with van der Waals surface area (Å²) in [6.07, 6.45) is 5.23. The fourth-order valence-electron chi connectivity index (χ4n) is 4.06. The largest absolute Gasteiger partial charge is 0.476 e. The standard InChI is InChI=1S/C24H29N3O2S/c1-16-7-5-8-17(2)22(16)20(25)14-21(26)29-15-24(11-3-4-12-24)27-23(28)18-9-6-10-19(30)13-18/h5-10,13-14,26,30H,3-4,11-12,15,25H2,1-2H3,(H,27,28). The first-order valence-corrected chi connectivity index (χ1v) is 10.6. The highest BCUT2D eigenvalue weighted by Gasteiger charge is 2.36. The number of aryl methyl sites for hydroxylation is 2. The van der Waals surface area contributed by atoms with E-state index in [1.54, 1.807) is 18.2 Å². The molecule has 158 valence electrons. The maximum Gasteiger partial charge on any atom is 0.251 e. The van der Waals surface area contributed by atoms with E-state index in [1.807, 2.05) is 44.2 Å². The van der Waals surface area contributed by atoms with E-state index >= 15 is 0 Å². The van der Waals surface area contributed by atoms with Crippen LogP contribution in [0.25, 0.3) is 5.70 Å². The van der Waals surface area contributed by atoms with E-state index in [-0.39, 0.29) is 18.4 Å². The number of amides is 1. The van der Waals surface area contributed by atoms with Crippen molar-refractivity contribution in [1.29, 1.82) is 5.41 Å². The minimum atomic E-state index is -0.475. The van der Waals surface area contributed by atoms with Crippen molar-refractivity contribution in [2.24, 2.45) is 5.73 Å². The van der Waals surface area contributed by atoms with Crippen molar-refractivity contribution >= 4 is 30.1 Å². The van der Waals surface area contributed by atoms with Crippen LogP contribution in [-0.4, -0.2) is 24.0 Å². The average molecular weight is 424 g/mol. The Hall–Kier alpha value is -2.73. The maximum absolute atomic E-state index is 12.8. The van der Waals surface area contributed by atoms with Gasteiger partial charge in [-0.2, -0.15) is 0 Å². The first-order chi connectivity index (χ1) is 14.3. The molecule has 2 aromatic rings. The summed E-state index contributed by atoms with van der Waals surface area (Å²) in [7, 11) is 0. The van der Waals surface area contributed by atoms with Gasteiger partial charge in [-0.1, -0.05) is 37.1 Å². The number of carbonyl (C=O) groups is 1. The molecule has 3 rings (SSSR count). The molecule has 0 spiro atoms. The van der Waals surface area contributed by atoms with E-state index in [0.29, 0.717) is 11.3 Å². The van der Waals surface area contributed by atoms with Gasteiger partial charge in [-0.05, 0) is 56.0 Å². The summed E-state index contributed by atoms with van der Waals surface area (Å²) < 4.78 is 5.76. The lowest BCUT2D eigenvalue weighted by Gasteiger charge is -2.30. The van der Waals surface area contributed by atoms with Gasteiger partial charge in [0.15, 0.2) is 0 Å². The Morgan fingerprint density at radius 2 is 1.83 bits per heavy atom. The SMILES string of the molecule is Cc1cccc(C)c1C(N)=CC(=N)OCC1(NC(=O)c2cccc(S)c2)CCCC1. The lowest BCUT2D eigenvalue weighted by molar-refractivity contribution is 0.0847. The third-order valence-corrected chi connectivity index (χ3v) is 5.89. The average Bonchev–Trinajstić information content (AvgIpc) is 3.15. The number of hydrogen-bond acceptors (Lipinski definition) is 5. The molecule has 0 aromatic heterocycles. The number of carbonyl (C=O) groups excluding carboxylic acids is 1. The normalized spacial score (nSPS) is 15.6. The molecule has 0 bridgehead atoms. The molecule has 0 heterocycles. The van der Waals surface area contributed by atoms with Gasteiger partial charge in [0.1, 0.15) is 6.61 Å². The molecule has 0 atom stereocenters. The molecule has 1 amide bonds. The predicted octanol–water partition coefficient (Wildman–Crippen LogP) is 4.63. The number of benzene rings is 2. The van der Waals surface area contributed by atoms with E-state index in [4.69, 9.17) is 15.9 Å². The summed E-state index contributed by atoms with van der Waals surface area (Å²) in [6.45, 7) is 4.24. The van der Waals surface area contributed by atoms with Crippen LogP contribution in [0.1, 0.15) is 52.7 Å². The van der Waals surface area contributed by atoms with Crippen LogP contribution in [0.3, 0.4) is 0 Å². The third-order valence-electron chi connectivity index (χ3n) is 5.61.